The molecule has 1 aromatic carbocycles. The van der Waals surface area contributed by atoms with Crippen LogP contribution in [0.3, 0.4) is 0 Å². The van der Waals surface area contributed by atoms with Crippen molar-refractivity contribution in [2.45, 2.75) is 45.8 Å². The normalized spacial score (nSPS) is 16.5. The molecule has 1 atom stereocenters. The molecule has 3 rings (SSSR count). The highest BCUT2D eigenvalue weighted by atomic mass is 16.5. The lowest BCUT2D eigenvalue weighted by molar-refractivity contribution is 0.00272. The van der Waals surface area contributed by atoms with E-state index in [0.29, 0.717) is 12.0 Å². The van der Waals surface area contributed by atoms with Gasteiger partial charge in [0.2, 0.25) is 0 Å². The highest BCUT2D eigenvalue weighted by Crippen LogP contribution is 2.19. The highest BCUT2D eigenvalue weighted by molar-refractivity contribution is 5.79. The summed E-state index contributed by atoms with van der Waals surface area (Å²) < 4.78 is 7.51. The number of hydrogen-bond donors (Lipinski definition) is 2. The van der Waals surface area contributed by atoms with Crippen LogP contribution in [0.1, 0.15) is 37.8 Å². The Balaban J connectivity index is 1.54. The van der Waals surface area contributed by atoms with Crippen LogP contribution >= 0.6 is 0 Å². The number of nitrogens with one attached hydrogen (secondary N) is 2. The number of aromatic nitrogens is 2. The molecule has 1 saturated heterocycles. The van der Waals surface area contributed by atoms with Crippen molar-refractivity contribution in [3.8, 4) is 0 Å². The van der Waals surface area contributed by atoms with Gasteiger partial charge in [-0.25, -0.2) is 0 Å². The molecule has 1 fully saturated rings. The van der Waals surface area contributed by atoms with E-state index in [9.17, 15) is 0 Å². The van der Waals surface area contributed by atoms with Gasteiger partial charge in [-0.3, -0.25) is 14.6 Å². The summed E-state index contributed by atoms with van der Waals surface area (Å²) in [6, 6.07) is 11.1. The van der Waals surface area contributed by atoms with Gasteiger partial charge in [-0.1, -0.05) is 51.0 Å². The fourth-order valence-corrected chi connectivity index (χ4v) is 4.36. The van der Waals surface area contributed by atoms with E-state index in [-0.39, 0.29) is 0 Å². The number of nitrogens with zero attached hydrogens (tertiary/aromatic N) is 4. The molecule has 2 heterocycles. The van der Waals surface area contributed by atoms with Crippen LogP contribution in [0.4, 0.5) is 0 Å². The number of morpholine rings is 1. The van der Waals surface area contributed by atoms with Gasteiger partial charge in [-0.15, -0.1) is 0 Å². The first kappa shape index (κ1) is 23.3. The molecule has 0 bridgehead atoms. The average molecular weight is 427 g/mol. The number of aliphatic imine (C=N–C) groups is 1. The zero-order chi connectivity index (χ0) is 21.9. The van der Waals surface area contributed by atoms with Gasteiger partial charge >= 0.3 is 0 Å². The third-order valence-corrected chi connectivity index (χ3v) is 6.16. The van der Waals surface area contributed by atoms with Gasteiger partial charge < -0.3 is 15.4 Å². The van der Waals surface area contributed by atoms with Crippen molar-refractivity contribution < 1.29 is 4.74 Å². The predicted molar refractivity (Wildman–Crippen MR) is 126 cm³/mol. The lowest BCUT2D eigenvalue weighted by Crippen LogP contribution is -2.53. The van der Waals surface area contributed by atoms with E-state index in [1.807, 2.05) is 30.2 Å². The zero-order valence-corrected chi connectivity index (χ0v) is 19.3. The molecule has 0 amide bonds. The van der Waals surface area contributed by atoms with Gasteiger partial charge in [0.15, 0.2) is 5.96 Å². The quantitative estimate of drug-likeness (QED) is 0.452. The Morgan fingerprint density at radius 1 is 1.13 bits per heavy atom. The van der Waals surface area contributed by atoms with Gasteiger partial charge in [-0.2, -0.15) is 5.10 Å². The van der Waals surface area contributed by atoms with Gasteiger partial charge in [0.05, 0.1) is 19.8 Å². The minimum atomic E-state index is 0.495. The average Bonchev–Trinajstić information content (AvgIpc) is 3.32. The molecule has 7 heteroatoms. The zero-order valence-electron chi connectivity index (χ0n) is 19.3. The largest absolute Gasteiger partial charge is 0.379 e. The van der Waals surface area contributed by atoms with E-state index in [2.05, 4.69) is 63.7 Å². The van der Waals surface area contributed by atoms with Crippen LogP contribution in [-0.4, -0.2) is 66.6 Å². The molecule has 1 aliphatic heterocycles. The van der Waals surface area contributed by atoms with Gasteiger partial charge in [0, 0.05) is 51.7 Å². The maximum absolute atomic E-state index is 5.57. The van der Waals surface area contributed by atoms with Crippen molar-refractivity contribution in [2.75, 3.05) is 39.9 Å². The molecule has 0 saturated carbocycles. The summed E-state index contributed by atoms with van der Waals surface area (Å²) in [5.41, 5.74) is 2.48. The first-order chi connectivity index (χ1) is 15.2. The summed E-state index contributed by atoms with van der Waals surface area (Å²) >= 11 is 0. The maximum Gasteiger partial charge on any atom is 0.191 e. The fourth-order valence-electron chi connectivity index (χ4n) is 4.36. The van der Waals surface area contributed by atoms with E-state index < -0.39 is 0 Å². The topological polar surface area (TPSA) is 66.7 Å². The number of rotatable bonds is 10. The Labute approximate surface area is 186 Å². The summed E-state index contributed by atoms with van der Waals surface area (Å²) in [7, 11) is 1.84. The molecule has 1 aromatic heterocycles. The summed E-state index contributed by atoms with van der Waals surface area (Å²) in [5.74, 6) is 1.52. The van der Waals surface area contributed by atoms with Gasteiger partial charge in [0.1, 0.15) is 0 Å². The molecule has 1 aliphatic rings. The van der Waals surface area contributed by atoms with Crippen LogP contribution < -0.4 is 10.6 Å². The highest BCUT2D eigenvalue weighted by Gasteiger charge is 2.26. The van der Waals surface area contributed by atoms with Crippen molar-refractivity contribution in [2.24, 2.45) is 10.9 Å². The smallest absolute Gasteiger partial charge is 0.191 e. The summed E-state index contributed by atoms with van der Waals surface area (Å²) in [6.07, 6.45) is 6.18. The van der Waals surface area contributed by atoms with E-state index >= 15 is 0 Å². The molecule has 0 radical (unpaired) electrons. The molecule has 2 N–H and O–H groups in total. The second kappa shape index (κ2) is 12.5. The molecular formula is C24H38N6O. The van der Waals surface area contributed by atoms with Crippen molar-refractivity contribution in [1.29, 1.82) is 0 Å². The number of guanidine groups is 1. The number of benzene rings is 1. The van der Waals surface area contributed by atoms with Gasteiger partial charge in [0.25, 0.3) is 0 Å². The van der Waals surface area contributed by atoms with E-state index in [1.165, 1.54) is 24.0 Å². The Morgan fingerprint density at radius 2 is 1.90 bits per heavy atom. The number of ether oxygens (including phenoxy) is 1. The van der Waals surface area contributed by atoms with Crippen molar-refractivity contribution >= 4 is 5.96 Å². The standard InChI is InChI=1S/C24H38N6O/c1-4-22(5-2)23(29-12-14-31-15-13-29)18-27-24(25-3)26-17-20-8-6-9-21(16-20)19-30-11-7-10-28-30/h6-11,16,22-23H,4-5,12-15,17-19H2,1-3H3,(H2,25,26,27). The van der Waals surface area contributed by atoms with E-state index in [0.717, 1.165) is 51.9 Å². The Morgan fingerprint density at radius 3 is 2.58 bits per heavy atom. The first-order valence-electron chi connectivity index (χ1n) is 11.5. The van der Waals surface area contributed by atoms with E-state index in [4.69, 9.17) is 4.74 Å². The van der Waals surface area contributed by atoms with Gasteiger partial charge in [-0.05, 0) is 23.1 Å². The first-order valence-corrected chi connectivity index (χ1v) is 11.5. The third-order valence-electron chi connectivity index (χ3n) is 6.16. The summed E-state index contributed by atoms with van der Waals surface area (Å²) in [4.78, 5) is 7.04. The van der Waals surface area contributed by atoms with Crippen LogP contribution in [0, 0.1) is 5.92 Å². The molecule has 0 aliphatic carbocycles. The lowest BCUT2D eigenvalue weighted by atomic mass is 9.92. The molecule has 0 spiro atoms. The predicted octanol–water partition coefficient (Wildman–Crippen LogP) is 2.73. The number of hydrogen-bond acceptors (Lipinski definition) is 4. The van der Waals surface area contributed by atoms with Crippen LogP contribution in [-0.2, 0) is 17.8 Å². The van der Waals surface area contributed by atoms with Crippen LogP contribution in [0.2, 0.25) is 0 Å². The molecule has 31 heavy (non-hydrogen) atoms. The minimum absolute atomic E-state index is 0.495. The van der Waals surface area contributed by atoms with Crippen LogP contribution in [0.5, 0.6) is 0 Å². The third kappa shape index (κ3) is 7.08. The molecule has 170 valence electrons. The lowest BCUT2D eigenvalue weighted by Gasteiger charge is -2.39. The maximum atomic E-state index is 5.57. The van der Waals surface area contributed by atoms with Crippen molar-refractivity contribution in [3.05, 3.63) is 53.9 Å². The molecule has 2 aromatic rings. The molecular weight excluding hydrogens is 388 g/mol. The van der Waals surface area contributed by atoms with Crippen molar-refractivity contribution in [3.63, 3.8) is 0 Å². The second-order valence-electron chi connectivity index (χ2n) is 8.12. The van der Waals surface area contributed by atoms with E-state index in [1.54, 1.807) is 0 Å². The SMILES string of the molecule is CCC(CC)C(CNC(=NC)NCc1cccc(Cn2cccn2)c1)N1CCOCC1. The molecule has 7 nitrogen and oxygen atoms in total. The second-order valence-corrected chi connectivity index (χ2v) is 8.12. The monoisotopic (exact) mass is 426 g/mol. The summed E-state index contributed by atoms with van der Waals surface area (Å²) in [5, 5.41) is 11.4. The van der Waals surface area contributed by atoms with Crippen LogP contribution in [0.25, 0.3) is 0 Å². The van der Waals surface area contributed by atoms with Crippen LogP contribution in [0.15, 0.2) is 47.7 Å². The Bertz CT molecular complexity index is 781. The Hall–Kier alpha value is -2.38. The summed E-state index contributed by atoms with van der Waals surface area (Å²) in [6.45, 7) is 10.7. The minimum Gasteiger partial charge on any atom is -0.379 e. The van der Waals surface area contributed by atoms with Crippen molar-refractivity contribution in [1.82, 2.24) is 25.3 Å². The molecule has 1 unspecified atom stereocenters. The fraction of sp³-hybridized carbons (Fsp3) is 0.583. The Kier molecular flexibility index (Phi) is 9.37.